The molecule has 1 aliphatic rings. The smallest absolute Gasteiger partial charge is 0.221 e. The summed E-state index contributed by atoms with van der Waals surface area (Å²) >= 11 is 0. The number of likely N-dealkylation sites (N-methyl/N-ethyl adjacent to an activating group) is 1. The fourth-order valence-corrected chi connectivity index (χ4v) is 2.30. The average molecular weight is 271 g/mol. The molecule has 0 aromatic heterocycles. The number of hydrogen-bond donors (Lipinski definition) is 2. The van der Waals surface area contributed by atoms with Crippen molar-refractivity contribution in [3.8, 4) is 0 Å². The molecule has 0 radical (unpaired) electrons. The second-order valence-corrected chi connectivity index (χ2v) is 5.98. The zero-order valence-electron chi connectivity index (χ0n) is 12.7. The molecule has 112 valence electrons. The van der Waals surface area contributed by atoms with E-state index in [1.165, 1.54) is 0 Å². The van der Waals surface area contributed by atoms with Gasteiger partial charge in [-0.2, -0.15) is 0 Å². The highest BCUT2D eigenvalue weighted by Gasteiger charge is 2.18. The number of ether oxygens (including phenoxy) is 1. The zero-order chi connectivity index (χ0) is 14.3. The Morgan fingerprint density at radius 1 is 1.47 bits per heavy atom. The van der Waals surface area contributed by atoms with Crippen LogP contribution < -0.4 is 10.6 Å². The van der Waals surface area contributed by atoms with Gasteiger partial charge in [-0.3, -0.25) is 4.79 Å². The van der Waals surface area contributed by atoms with Gasteiger partial charge in [0.1, 0.15) is 0 Å². The molecule has 19 heavy (non-hydrogen) atoms. The minimum absolute atomic E-state index is 0.110. The van der Waals surface area contributed by atoms with E-state index in [-0.39, 0.29) is 11.9 Å². The maximum absolute atomic E-state index is 11.9. The molecule has 1 amide bonds. The third-order valence-corrected chi connectivity index (χ3v) is 3.44. The first-order valence-electron chi connectivity index (χ1n) is 7.23. The predicted molar refractivity (Wildman–Crippen MR) is 77.2 cm³/mol. The topological polar surface area (TPSA) is 53.6 Å². The summed E-state index contributed by atoms with van der Waals surface area (Å²) in [5.41, 5.74) is 0. The van der Waals surface area contributed by atoms with E-state index in [0.29, 0.717) is 25.0 Å². The Morgan fingerprint density at radius 2 is 2.21 bits per heavy atom. The fraction of sp³-hybridized carbons (Fsp3) is 0.929. The number of nitrogens with one attached hydrogen (secondary N) is 2. The normalized spacial score (nSPS) is 21.7. The molecular weight excluding hydrogens is 242 g/mol. The third-order valence-electron chi connectivity index (χ3n) is 3.44. The highest BCUT2D eigenvalue weighted by Crippen LogP contribution is 2.08. The highest BCUT2D eigenvalue weighted by atomic mass is 16.5. The van der Waals surface area contributed by atoms with E-state index in [1.807, 2.05) is 0 Å². The first-order valence-corrected chi connectivity index (χ1v) is 7.23. The Morgan fingerprint density at radius 3 is 2.74 bits per heavy atom. The number of carbonyl (C=O) groups is 1. The van der Waals surface area contributed by atoms with Gasteiger partial charge >= 0.3 is 0 Å². The van der Waals surface area contributed by atoms with Crippen molar-refractivity contribution in [1.29, 1.82) is 0 Å². The molecule has 1 aliphatic heterocycles. The lowest BCUT2D eigenvalue weighted by Crippen LogP contribution is -2.46. The molecule has 0 aromatic rings. The lowest BCUT2D eigenvalue weighted by molar-refractivity contribution is -0.122. The van der Waals surface area contributed by atoms with E-state index >= 15 is 0 Å². The van der Waals surface area contributed by atoms with Crippen LogP contribution in [0.5, 0.6) is 0 Å². The molecule has 0 spiro atoms. The van der Waals surface area contributed by atoms with Crippen LogP contribution in [0.25, 0.3) is 0 Å². The van der Waals surface area contributed by atoms with E-state index in [9.17, 15) is 4.79 Å². The Kier molecular flexibility index (Phi) is 7.34. The van der Waals surface area contributed by atoms with Crippen molar-refractivity contribution in [2.75, 3.05) is 40.4 Å². The van der Waals surface area contributed by atoms with E-state index in [0.717, 1.165) is 26.1 Å². The number of hydrogen-bond acceptors (Lipinski definition) is 4. The maximum Gasteiger partial charge on any atom is 0.221 e. The third kappa shape index (κ3) is 6.89. The zero-order valence-corrected chi connectivity index (χ0v) is 12.7. The van der Waals surface area contributed by atoms with E-state index in [4.69, 9.17) is 4.74 Å². The summed E-state index contributed by atoms with van der Waals surface area (Å²) in [5.74, 6) is 0.747. The Hall–Kier alpha value is -0.650. The quantitative estimate of drug-likeness (QED) is 0.706. The number of nitrogens with zero attached hydrogens (tertiary/aromatic N) is 1. The largest absolute Gasteiger partial charge is 0.378 e. The molecule has 5 nitrogen and oxygen atoms in total. The summed E-state index contributed by atoms with van der Waals surface area (Å²) in [4.78, 5) is 14.1. The minimum atomic E-state index is 0.110. The van der Waals surface area contributed by atoms with Crippen molar-refractivity contribution in [2.24, 2.45) is 5.92 Å². The van der Waals surface area contributed by atoms with Gasteiger partial charge in [0, 0.05) is 31.6 Å². The Labute approximate surface area is 117 Å². The average Bonchev–Trinajstić information content (AvgIpc) is 2.35. The van der Waals surface area contributed by atoms with Crippen molar-refractivity contribution in [2.45, 2.75) is 38.8 Å². The molecule has 2 atom stereocenters. The second kappa shape index (κ2) is 8.51. The molecule has 1 heterocycles. The van der Waals surface area contributed by atoms with Crippen LogP contribution >= 0.6 is 0 Å². The second-order valence-electron chi connectivity index (χ2n) is 5.98. The van der Waals surface area contributed by atoms with Crippen LogP contribution in [0.15, 0.2) is 0 Å². The maximum atomic E-state index is 11.9. The summed E-state index contributed by atoms with van der Waals surface area (Å²) < 4.78 is 5.35. The monoisotopic (exact) mass is 271 g/mol. The van der Waals surface area contributed by atoms with Crippen molar-refractivity contribution in [3.05, 3.63) is 0 Å². The van der Waals surface area contributed by atoms with Gasteiger partial charge in [0.25, 0.3) is 0 Å². The molecule has 0 bridgehead atoms. The van der Waals surface area contributed by atoms with Crippen LogP contribution in [0.2, 0.25) is 0 Å². The predicted octanol–water partition coefficient (Wildman–Crippen LogP) is 0.457. The molecule has 0 saturated carbocycles. The van der Waals surface area contributed by atoms with Crippen molar-refractivity contribution in [1.82, 2.24) is 15.5 Å². The van der Waals surface area contributed by atoms with Gasteiger partial charge in [-0.25, -0.2) is 0 Å². The summed E-state index contributed by atoms with van der Waals surface area (Å²) in [6, 6.07) is 0.566. The molecule has 1 fully saturated rings. The van der Waals surface area contributed by atoms with E-state index < -0.39 is 0 Å². The first kappa shape index (κ1) is 16.4. The first-order chi connectivity index (χ1) is 8.99. The van der Waals surface area contributed by atoms with E-state index in [2.05, 4.69) is 43.5 Å². The molecule has 0 aliphatic carbocycles. The Bertz CT molecular complexity index is 263. The highest BCUT2D eigenvalue weighted by molar-refractivity contribution is 5.76. The van der Waals surface area contributed by atoms with Crippen LogP contribution in [0, 0.1) is 5.92 Å². The fourth-order valence-electron chi connectivity index (χ4n) is 2.30. The standard InChI is InChI=1S/C14H29N3O2/c1-11(2)7-13(17(3)4)9-16-14(18)8-12-10-19-6-5-15-12/h11-13,15H,5-10H2,1-4H3,(H,16,18). The van der Waals surface area contributed by atoms with Gasteiger partial charge in [0.15, 0.2) is 0 Å². The molecule has 1 rings (SSSR count). The van der Waals surface area contributed by atoms with Gasteiger partial charge in [0.05, 0.1) is 13.2 Å². The van der Waals surface area contributed by atoms with Gasteiger partial charge in [-0.05, 0) is 26.4 Å². The number of morpholine rings is 1. The van der Waals surface area contributed by atoms with E-state index in [1.54, 1.807) is 0 Å². The molecule has 1 saturated heterocycles. The molecule has 2 N–H and O–H groups in total. The van der Waals surface area contributed by atoms with Crippen LogP contribution in [-0.2, 0) is 9.53 Å². The summed E-state index contributed by atoms with van der Waals surface area (Å²) in [5, 5.41) is 6.34. The van der Waals surface area contributed by atoms with Gasteiger partial charge < -0.3 is 20.3 Å². The van der Waals surface area contributed by atoms with Gasteiger partial charge in [0.2, 0.25) is 5.91 Å². The SMILES string of the molecule is CC(C)CC(CNC(=O)CC1COCCN1)N(C)C. The minimum Gasteiger partial charge on any atom is -0.378 e. The Balaban J connectivity index is 2.26. The van der Waals surface area contributed by atoms with Crippen molar-refractivity contribution in [3.63, 3.8) is 0 Å². The van der Waals surface area contributed by atoms with Crippen LogP contribution in [0.1, 0.15) is 26.7 Å². The van der Waals surface area contributed by atoms with Gasteiger partial charge in [-0.1, -0.05) is 13.8 Å². The van der Waals surface area contributed by atoms with Crippen LogP contribution in [0.3, 0.4) is 0 Å². The summed E-state index contributed by atoms with van der Waals surface area (Å²) in [6.07, 6.45) is 1.60. The van der Waals surface area contributed by atoms with Crippen LogP contribution in [-0.4, -0.2) is 63.3 Å². The number of amides is 1. The molecule has 5 heteroatoms. The molecule has 2 unspecified atom stereocenters. The summed E-state index contributed by atoms with van der Waals surface area (Å²) in [6.45, 7) is 7.36. The van der Waals surface area contributed by atoms with Crippen molar-refractivity contribution < 1.29 is 9.53 Å². The lowest BCUT2D eigenvalue weighted by atomic mass is 10.0. The lowest BCUT2D eigenvalue weighted by Gasteiger charge is -2.27. The van der Waals surface area contributed by atoms with Crippen LogP contribution in [0.4, 0.5) is 0 Å². The molecule has 0 aromatic carbocycles. The summed E-state index contributed by atoms with van der Waals surface area (Å²) in [7, 11) is 4.13. The van der Waals surface area contributed by atoms with Crippen molar-refractivity contribution >= 4 is 5.91 Å². The van der Waals surface area contributed by atoms with Gasteiger partial charge in [-0.15, -0.1) is 0 Å². The number of rotatable bonds is 7. The molecular formula is C14H29N3O2. The number of carbonyl (C=O) groups excluding carboxylic acids is 1.